The average molecular weight is 322 g/mol. The van der Waals surface area contributed by atoms with Crippen molar-refractivity contribution in [2.75, 3.05) is 6.26 Å². The van der Waals surface area contributed by atoms with Gasteiger partial charge in [-0.05, 0) is 35.5 Å². The molecule has 1 N–H and O–H groups in total. The number of H-pyrrole nitrogens is 1. The first kappa shape index (κ1) is 13.8. The van der Waals surface area contributed by atoms with E-state index in [-0.39, 0.29) is 5.56 Å². The van der Waals surface area contributed by atoms with Crippen molar-refractivity contribution in [2.24, 2.45) is 0 Å². The molecule has 3 heterocycles. The summed E-state index contributed by atoms with van der Waals surface area (Å²) in [6.45, 7) is 0. The number of benzene rings is 1. The lowest BCUT2D eigenvalue weighted by atomic mass is 10.2. The maximum Gasteiger partial charge on any atom is 0.375 e. The van der Waals surface area contributed by atoms with Crippen molar-refractivity contribution in [3.05, 3.63) is 59.0 Å². The molecule has 0 spiro atoms. The van der Waals surface area contributed by atoms with Crippen molar-refractivity contribution in [2.45, 2.75) is 5.16 Å². The number of aromatic nitrogens is 5. The highest BCUT2D eigenvalue weighted by Crippen LogP contribution is 2.18. The fraction of sp³-hybridized carbons (Fsp3) is 0.0625. The molecule has 0 fully saturated rings. The van der Waals surface area contributed by atoms with Crippen molar-refractivity contribution in [3.63, 3.8) is 0 Å². The molecular formula is C16H12N5OS+. The summed E-state index contributed by atoms with van der Waals surface area (Å²) >= 11 is 1.37. The number of hydrogen-bond acceptors (Lipinski definition) is 5. The maximum absolute atomic E-state index is 12.6. The summed E-state index contributed by atoms with van der Waals surface area (Å²) in [5.74, 6) is 0.542. The normalized spacial score (nSPS) is 11.2. The summed E-state index contributed by atoms with van der Waals surface area (Å²) in [6, 6.07) is 13.1. The van der Waals surface area contributed by atoms with Crippen molar-refractivity contribution in [1.82, 2.24) is 20.1 Å². The SMILES string of the molecule is CSc1n[n+]2c(-c3ccccn3)nc3ccccc3c2c(=O)[nH]1. The second kappa shape index (κ2) is 5.44. The van der Waals surface area contributed by atoms with Gasteiger partial charge in [0, 0.05) is 6.20 Å². The van der Waals surface area contributed by atoms with E-state index in [0.29, 0.717) is 22.2 Å². The van der Waals surface area contributed by atoms with Crippen molar-refractivity contribution in [3.8, 4) is 11.5 Å². The van der Waals surface area contributed by atoms with Crippen molar-refractivity contribution in [1.29, 1.82) is 0 Å². The Kier molecular flexibility index (Phi) is 3.27. The van der Waals surface area contributed by atoms with E-state index in [0.717, 1.165) is 10.9 Å². The minimum atomic E-state index is -0.194. The second-order valence-electron chi connectivity index (χ2n) is 4.89. The molecule has 23 heavy (non-hydrogen) atoms. The molecule has 4 rings (SSSR count). The monoisotopic (exact) mass is 322 g/mol. The Morgan fingerprint density at radius 3 is 2.74 bits per heavy atom. The van der Waals surface area contributed by atoms with E-state index in [1.54, 1.807) is 10.7 Å². The number of nitrogens with one attached hydrogen (secondary N) is 1. The van der Waals surface area contributed by atoms with Gasteiger partial charge in [0.2, 0.25) is 10.7 Å². The summed E-state index contributed by atoms with van der Waals surface area (Å²) in [4.78, 5) is 24.4. The minimum Gasteiger partial charge on any atom is -0.295 e. The van der Waals surface area contributed by atoms with E-state index in [4.69, 9.17) is 0 Å². The van der Waals surface area contributed by atoms with Crippen LogP contribution in [-0.4, -0.2) is 26.3 Å². The Morgan fingerprint density at radius 1 is 1.13 bits per heavy atom. The van der Waals surface area contributed by atoms with Crippen LogP contribution in [0.2, 0.25) is 0 Å². The van der Waals surface area contributed by atoms with Crippen LogP contribution in [0.4, 0.5) is 0 Å². The molecule has 0 aliphatic carbocycles. The fourth-order valence-electron chi connectivity index (χ4n) is 2.49. The first-order valence-electron chi connectivity index (χ1n) is 6.98. The third kappa shape index (κ3) is 2.25. The summed E-state index contributed by atoms with van der Waals surface area (Å²) in [5.41, 5.74) is 1.67. The molecule has 6 nitrogen and oxygen atoms in total. The minimum absolute atomic E-state index is 0.194. The van der Waals surface area contributed by atoms with Gasteiger partial charge >= 0.3 is 11.4 Å². The van der Waals surface area contributed by atoms with Gasteiger partial charge < -0.3 is 0 Å². The molecule has 0 atom stereocenters. The first-order chi connectivity index (χ1) is 11.3. The first-order valence-corrected chi connectivity index (χ1v) is 8.21. The predicted octanol–water partition coefficient (Wildman–Crippen LogP) is 1.84. The lowest BCUT2D eigenvalue weighted by molar-refractivity contribution is -0.577. The third-order valence-electron chi connectivity index (χ3n) is 3.51. The Bertz CT molecular complexity index is 1080. The van der Waals surface area contributed by atoms with Crippen LogP contribution in [0, 0.1) is 0 Å². The van der Waals surface area contributed by atoms with Crippen LogP contribution >= 0.6 is 11.8 Å². The molecule has 0 radical (unpaired) electrons. The third-order valence-corrected chi connectivity index (χ3v) is 4.08. The van der Waals surface area contributed by atoms with Gasteiger partial charge in [-0.3, -0.25) is 9.78 Å². The molecule has 112 valence electrons. The second-order valence-corrected chi connectivity index (χ2v) is 5.69. The lowest BCUT2D eigenvalue weighted by Gasteiger charge is -2.02. The van der Waals surface area contributed by atoms with Crippen LogP contribution in [-0.2, 0) is 0 Å². The predicted molar refractivity (Wildman–Crippen MR) is 88.3 cm³/mol. The van der Waals surface area contributed by atoms with E-state index in [1.165, 1.54) is 11.8 Å². The Balaban J connectivity index is 2.24. The smallest absolute Gasteiger partial charge is 0.295 e. The Labute approximate surface area is 135 Å². The number of fused-ring (bicyclic) bond motifs is 3. The zero-order chi connectivity index (χ0) is 15.8. The number of pyridine rings is 1. The number of nitrogens with zero attached hydrogens (tertiary/aromatic N) is 4. The van der Waals surface area contributed by atoms with Crippen LogP contribution in [0.1, 0.15) is 0 Å². The maximum atomic E-state index is 12.6. The molecule has 3 aromatic heterocycles. The molecule has 1 aromatic carbocycles. The van der Waals surface area contributed by atoms with Gasteiger partial charge in [-0.2, -0.15) is 0 Å². The van der Waals surface area contributed by atoms with E-state index in [2.05, 4.69) is 20.1 Å². The summed E-state index contributed by atoms with van der Waals surface area (Å²) in [6.07, 6.45) is 3.56. The highest BCUT2D eigenvalue weighted by molar-refractivity contribution is 7.98. The summed E-state index contributed by atoms with van der Waals surface area (Å²) < 4.78 is 1.58. The molecule has 0 bridgehead atoms. The number of hydrogen-bond donors (Lipinski definition) is 1. The Morgan fingerprint density at radius 2 is 1.96 bits per heavy atom. The molecular weight excluding hydrogens is 310 g/mol. The van der Waals surface area contributed by atoms with E-state index in [9.17, 15) is 4.79 Å². The summed E-state index contributed by atoms with van der Waals surface area (Å²) in [5, 5.41) is 5.79. The molecule has 0 unspecified atom stereocenters. The lowest BCUT2D eigenvalue weighted by Crippen LogP contribution is -2.38. The van der Waals surface area contributed by atoms with Gasteiger partial charge in [0.15, 0.2) is 11.2 Å². The number of rotatable bonds is 2. The van der Waals surface area contributed by atoms with Crippen molar-refractivity contribution < 1.29 is 4.52 Å². The van der Waals surface area contributed by atoms with Crippen LogP contribution in [0.25, 0.3) is 27.9 Å². The van der Waals surface area contributed by atoms with Crippen LogP contribution < -0.4 is 10.1 Å². The molecule has 7 heteroatoms. The highest BCUT2D eigenvalue weighted by Gasteiger charge is 2.24. The molecule has 0 aliphatic rings. The topological polar surface area (TPSA) is 75.6 Å². The van der Waals surface area contributed by atoms with Gasteiger partial charge in [0.05, 0.1) is 5.39 Å². The van der Waals surface area contributed by atoms with Gasteiger partial charge in [-0.25, -0.2) is 4.98 Å². The number of aromatic amines is 1. The van der Waals surface area contributed by atoms with Gasteiger partial charge in [-0.1, -0.05) is 39.6 Å². The molecule has 0 saturated heterocycles. The fourth-order valence-corrected chi connectivity index (χ4v) is 2.85. The van der Waals surface area contributed by atoms with Crippen molar-refractivity contribution >= 4 is 28.2 Å². The highest BCUT2D eigenvalue weighted by atomic mass is 32.2. The average Bonchev–Trinajstić information content (AvgIpc) is 2.61. The Hall–Kier alpha value is -2.80. The zero-order valence-electron chi connectivity index (χ0n) is 12.2. The van der Waals surface area contributed by atoms with Gasteiger partial charge in [0.25, 0.3) is 0 Å². The molecule has 0 aliphatic heterocycles. The van der Waals surface area contributed by atoms with Crippen LogP contribution in [0.15, 0.2) is 58.6 Å². The quantitative estimate of drug-likeness (QED) is 0.346. The largest absolute Gasteiger partial charge is 0.375 e. The molecule has 0 saturated carbocycles. The molecule has 4 aromatic rings. The standard InChI is InChI=1S/C16H11N5OS/c1-23-16-19-15(22)13-10-6-2-3-7-11(10)18-14(21(13)20-16)12-8-4-5-9-17-12/h2-9H,1H3/p+1. The van der Waals surface area contributed by atoms with E-state index in [1.807, 2.05) is 48.7 Å². The van der Waals surface area contributed by atoms with Gasteiger partial charge in [0.1, 0.15) is 0 Å². The van der Waals surface area contributed by atoms with E-state index < -0.39 is 0 Å². The van der Waals surface area contributed by atoms with Gasteiger partial charge in [-0.15, -0.1) is 0 Å². The zero-order valence-corrected chi connectivity index (χ0v) is 13.0. The number of thioether (sulfide) groups is 1. The van der Waals surface area contributed by atoms with Crippen LogP contribution in [0.5, 0.6) is 0 Å². The van der Waals surface area contributed by atoms with Crippen LogP contribution in [0.3, 0.4) is 0 Å². The number of para-hydroxylation sites is 1. The molecule has 0 amide bonds. The summed E-state index contributed by atoms with van der Waals surface area (Å²) in [7, 11) is 0. The van der Waals surface area contributed by atoms with E-state index >= 15 is 0 Å².